The second-order valence-electron chi connectivity index (χ2n) is 20.8. The maximum absolute atomic E-state index is 13.0. The van der Waals surface area contributed by atoms with Crippen LogP contribution in [0.25, 0.3) is 0 Å². The Morgan fingerprint density at radius 1 is 0.328 bits per heavy atom. The van der Waals surface area contributed by atoms with Gasteiger partial charge in [-0.15, -0.1) is 0 Å². The van der Waals surface area contributed by atoms with Crippen molar-refractivity contribution in [1.82, 2.24) is 9.80 Å². The average molecular weight is 950 g/mol. The van der Waals surface area contributed by atoms with Gasteiger partial charge in [0.2, 0.25) is 0 Å². The molecule has 0 saturated heterocycles. The fourth-order valence-corrected chi connectivity index (χ4v) is 9.36. The normalized spacial score (nSPS) is 12.5. The van der Waals surface area contributed by atoms with Crippen LogP contribution in [0.2, 0.25) is 0 Å². The van der Waals surface area contributed by atoms with Gasteiger partial charge in [0.25, 0.3) is 0 Å². The smallest absolute Gasteiger partial charge is 0.308 e. The van der Waals surface area contributed by atoms with Gasteiger partial charge in [-0.2, -0.15) is 0 Å². The van der Waals surface area contributed by atoms with Gasteiger partial charge in [0.15, 0.2) is 0 Å². The molecule has 0 N–H and O–H groups in total. The molecule has 0 aromatic heterocycles. The maximum atomic E-state index is 13.0. The SMILES string of the molecule is CCCCCCCCC(CCCCCC)C(=O)OCCCCCCCCN(CCCCCCCCOC(=O)C(CCCCCC)CCCCCCCC)CCCCCOC(=O)CCCN(C)C. The first-order chi connectivity index (χ1) is 32.8. The average Bonchev–Trinajstić information content (AvgIpc) is 3.31. The number of nitrogens with zero attached hydrogens (tertiary/aromatic N) is 2. The predicted molar refractivity (Wildman–Crippen MR) is 287 cm³/mol. The zero-order chi connectivity index (χ0) is 49.1. The van der Waals surface area contributed by atoms with Gasteiger partial charge < -0.3 is 24.0 Å². The van der Waals surface area contributed by atoms with Crippen molar-refractivity contribution in [3.05, 3.63) is 0 Å². The Kier molecular flexibility index (Phi) is 50.9. The van der Waals surface area contributed by atoms with E-state index in [2.05, 4.69) is 37.5 Å². The summed E-state index contributed by atoms with van der Waals surface area (Å²) in [6.07, 6.45) is 47.6. The van der Waals surface area contributed by atoms with Crippen molar-refractivity contribution in [3.8, 4) is 0 Å². The van der Waals surface area contributed by atoms with E-state index in [1.54, 1.807) is 0 Å². The molecule has 0 radical (unpaired) electrons. The van der Waals surface area contributed by atoms with Gasteiger partial charge in [-0.1, -0.05) is 207 Å². The van der Waals surface area contributed by atoms with Crippen LogP contribution in [-0.4, -0.2) is 87.8 Å². The lowest BCUT2D eigenvalue weighted by Crippen LogP contribution is -2.27. The third-order valence-electron chi connectivity index (χ3n) is 13.9. The van der Waals surface area contributed by atoms with E-state index in [1.807, 2.05) is 14.1 Å². The molecule has 0 aliphatic heterocycles. The van der Waals surface area contributed by atoms with E-state index in [0.29, 0.717) is 26.2 Å². The van der Waals surface area contributed by atoms with Crippen molar-refractivity contribution in [2.24, 2.45) is 11.8 Å². The van der Waals surface area contributed by atoms with E-state index < -0.39 is 0 Å². The van der Waals surface area contributed by atoms with Gasteiger partial charge in [0.05, 0.1) is 31.7 Å². The first-order valence-electron chi connectivity index (χ1n) is 29.6. The van der Waals surface area contributed by atoms with E-state index >= 15 is 0 Å². The minimum Gasteiger partial charge on any atom is -0.466 e. The molecule has 8 nitrogen and oxygen atoms in total. The fourth-order valence-electron chi connectivity index (χ4n) is 9.36. The molecule has 0 spiro atoms. The second kappa shape index (κ2) is 52.2. The largest absolute Gasteiger partial charge is 0.466 e. The van der Waals surface area contributed by atoms with E-state index in [-0.39, 0.29) is 29.7 Å². The highest BCUT2D eigenvalue weighted by molar-refractivity contribution is 5.72. The summed E-state index contributed by atoms with van der Waals surface area (Å²) in [4.78, 5) is 43.0. The Hall–Kier alpha value is -1.67. The monoisotopic (exact) mass is 949 g/mol. The van der Waals surface area contributed by atoms with Crippen molar-refractivity contribution in [2.75, 3.05) is 60.1 Å². The summed E-state index contributed by atoms with van der Waals surface area (Å²) in [6, 6.07) is 0. The van der Waals surface area contributed by atoms with Crippen molar-refractivity contribution in [1.29, 1.82) is 0 Å². The summed E-state index contributed by atoms with van der Waals surface area (Å²) >= 11 is 0. The van der Waals surface area contributed by atoms with Gasteiger partial charge in [-0.05, 0) is 117 Å². The Labute approximate surface area is 417 Å². The summed E-state index contributed by atoms with van der Waals surface area (Å²) in [5, 5.41) is 0. The molecule has 0 aromatic carbocycles. The second-order valence-corrected chi connectivity index (χ2v) is 20.8. The highest BCUT2D eigenvalue weighted by atomic mass is 16.5. The third kappa shape index (κ3) is 46.5. The van der Waals surface area contributed by atoms with Crippen LogP contribution in [-0.2, 0) is 28.6 Å². The van der Waals surface area contributed by atoms with Crippen LogP contribution in [0.5, 0.6) is 0 Å². The van der Waals surface area contributed by atoms with Crippen molar-refractivity contribution < 1.29 is 28.6 Å². The molecule has 0 aliphatic carbocycles. The van der Waals surface area contributed by atoms with E-state index in [1.165, 1.54) is 154 Å². The summed E-state index contributed by atoms with van der Waals surface area (Å²) < 4.78 is 17.2. The van der Waals surface area contributed by atoms with E-state index in [9.17, 15) is 14.4 Å². The third-order valence-corrected chi connectivity index (χ3v) is 13.9. The Balaban J connectivity index is 4.60. The molecule has 0 amide bonds. The van der Waals surface area contributed by atoms with Gasteiger partial charge >= 0.3 is 17.9 Å². The lowest BCUT2D eigenvalue weighted by atomic mass is 9.94. The molecule has 0 fully saturated rings. The number of carbonyl (C=O) groups excluding carboxylic acids is 3. The van der Waals surface area contributed by atoms with Crippen LogP contribution in [0.3, 0.4) is 0 Å². The minimum atomic E-state index is -0.0632. The fraction of sp³-hybridized carbons (Fsp3) is 0.949. The van der Waals surface area contributed by atoms with Crippen LogP contribution in [0.1, 0.15) is 291 Å². The van der Waals surface area contributed by atoms with Crippen molar-refractivity contribution in [2.45, 2.75) is 291 Å². The summed E-state index contributed by atoms with van der Waals surface area (Å²) in [5.74, 6) is 0.255. The van der Waals surface area contributed by atoms with Crippen LogP contribution < -0.4 is 0 Å². The number of carbonyl (C=O) groups is 3. The molecular weight excluding hydrogens is 833 g/mol. The molecule has 8 heteroatoms. The highest BCUT2D eigenvalue weighted by Gasteiger charge is 2.20. The van der Waals surface area contributed by atoms with Crippen LogP contribution in [0, 0.1) is 11.8 Å². The molecule has 0 bridgehead atoms. The predicted octanol–water partition coefficient (Wildman–Crippen LogP) is 16.8. The molecule has 0 aliphatic rings. The standard InChI is InChI=1S/C59H116N2O6/c1-7-11-15-19-25-34-45-55(43-32-17-13-9-3)58(63)66-53-39-29-23-21-27-36-49-61(51-38-31-41-52-65-57(62)47-42-48-60(5)6)50-37-28-22-24-30-40-54-67-59(64)56(44-33-18-14-10-4)46-35-26-20-16-12-8-2/h55-56H,7-54H2,1-6H3. The number of ether oxygens (including phenoxy) is 3. The molecule has 67 heavy (non-hydrogen) atoms. The molecule has 2 unspecified atom stereocenters. The van der Waals surface area contributed by atoms with Gasteiger partial charge in [0, 0.05) is 6.42 Å². The molecule has 0 aromatic rings. The Morgan fingerprint density at radius 3 is 0.970 bits per heavy atom. The number of esters is 3. The summed E-state index contributed by atoms with van der Waals surface area (Å²) in [6.45, 7) is 15.1. The van der Waals surface area contributed by atoms with Crippen LogP contribution in [0.15, 0.2) is 0 Å². The number of unbranched alkanes of at least 4 members (excludes halogenated alkanes) is 28. The number of rotatable bonds is 54. The molecular formula is C59H116N2O6. The molecule has 2 atom stereocenters. The van der Waals surface area contributed by atoms with E-state index in [4.69, 9.17) is 14.2 Å². The van der Waals surface area contributed by atoms with Gasteiger partial charge in [-0.25, -0.2) is 0 Å². The quantitative estimate of drug-likeness (QED) is 0.0339. The number of hydrogen-bond donors (Lipinski definition) is 0. The molecule has 0 rings (SSSR count). The minimum absolute atomic E-state index is 0.0632. The topological polar surface area (TPSA) is 85.4 Å². The zero-order valence-corrected chi connectivity index (χ0v) is 45.9. The first kappa shape index (κ1) is 65.3. The van der Waals surface area contributed by atoms with Gasteiger partial charge in [-0.3, -0.25) is 14.4 Å². The van der Waals surface area contributed by atoms with Crippen molar-refractivity contribution in [3.63, 3.8) is 0 Å². The van der Waals surface area contributed by atoms with Gasteiger partial charge in [0.1, 0.15) is 0 Å². The highest BCUT2D eigenvalue weighted by Crippen LogP contribution is 2.23. The summed E-state index contributed by atoms with van der Waals surface area (Å²) in [5.41, 5.74) is 0. The molecule has 398 valence electrons. The summed E-state index contributed by atoms with van der Waals surface area (Å²) in [7, 11) is 4.07. The van der Waals surface area contributed by atoms with Crippen molar-refractivity contribution >= 4 is 17.9 Å². The zero-order valence-electron chi connectivity index (χ0n) is 45.9. The Morgan fingerprint density at radius 2 is 0.612 bits per heavy atom. The van der Waals surface area contributed by atoms with Crippen LogP contribution in [0.4, 0.5) is 0 Å². The maximum Gasteiger partial charge on any atom is 0.308 e. The lowest BCUT2D eigenvalue weighted by molar-refractivity contribution is -0.150. The van der Waals surface area contributed by atoms with Crippen LogP contribution >= 0.6 is 0 Å². The number of hydrogen-bond acceptors (Lipinski definition) is 8. The van der Waals surface area contributed by atoms with E-state index in [0.717, 1.165) is 129 Å². The first-order valence-corrected chi connectivity index (χ1v) is 29.6. The Bertz CT molecular complexity index is 993. The lowest BCUT2D eigenvalue weighted by Gasteiger charge is -2.22. The molecule has 0 heterocycles. The molecule has 0 saturated carbocycles.